The van der Waals surface area contributed by atoms with Crippen LogP contribution in [0.3, 0.4) is 0 Å². The maximum Gasteiger partial charge on any atom is 0.245 e. The van der Waals surface area contributed by atoms with Gasteiger partial charge < -0.3 is 10.6 Å². The van der Waals surface area contributed by atoms with Crippen LogP contribution in [0.4, 0.5) is 0 Å². The zero-order valence-electron chi connectivity index (χ0n) is 9.66. The van der Waals surface area contributed by atoms with Crippen LogP contribution in [0.15, 0.2) is 12.2 Å². The summed E-state index contributed by atoms with van der Waals surface area (Å²) in [5.74, 6) is -0.404. The summed E-state index contributed by atoms with van der Waals surface area (Å²) in [6.07, 6.45) is 3.94. The van der Waals surface area contributed by atoms with Crippen molar-refractivity contribution in [3.05, 3.63) is 12.2 Å². The zero-order chi connectivity index (χ0) is 12.3. The molecule has 0 saturated carbocycles. The first kappa shape index (κ1) is 12.8. The summed E-state index contributed by atoms with van der Waals surface area (Å²) in [5.41, 5.74) is -1.12. The number of thiocarbonyl (C=S) groups is 1. The van der Waals surface area contributed by atoms with Crippen LogP contribution in [0.25, 0.3) is 0 Å². The molecular weight excluding hydrogens is 224 g/mol. The number of nitrogens with one attached hydrogen (secondary N) is 2. The number of carbonyl (C=O) groups is 2. The third-order valence-corrected chi connectivity index (χ3v) is 2.79. The van der Waals surface area contributed by atoms with Crippen LogP contribution in [0.2, 0.25) is 0 Å². The zero-order valence-corrected chi connectivity index (χ0v) is 10.5. The molecule has 1 aliphatic rings. The van der Waals surface area contributed by atoms with E-state index in [9.17, 15) is 9.59 Å². The van der Waals surface area contributed by atoms with Crippen LogP contribution >= 0.6 is 12.2 Å². The first-order valence-corrected chi connectivity index (χ1v) is 5.69. The van der Waals surface area contributed by atoms with Crippen molar-refractivity contribution in [1.82, 2.24) is 10.6 Å². The van der Waals surface area contributed by atoms with Gasteiger partial charge >= 0.3 is 0 Å². The molecule has 0 aromatic heterocycles. The van der Waals surface area contributed by atoms with E-state index in [0.717, 1.165) is 0 Å². The van der Waals surface area contributed by atoms with Crippen molar-refractivity contribution in [2.24, 2.45) is 11.3 Å². The molecule has 0 bridgehead atoms. The summed E-state index contributed by atoms with van der Waals surface area (Å²) >= 11 is 4.76. The third kappa shape index (κ3) is 2.29. The van der Waals surface area contributed by atoms with Gasteiger partial charge in [0, 0.05) is 0 Å². The van der Waals surface area contributed by atoms with Gasteiger partial charge in [0.1, 0.15) is 5.41 Å². The summed E-state index contributed by atoms with van der Waals surface area (Å²) in [5, 5.41) is 5.05. The monoisotopic (exact) mass is 240 g/mol. The lowest BCUT2D eigenvalue weighted by Crippen LogP contribution is -2.61. The van der Waals surface area contributed by atoms with Crippen LogP contribution in [0.1, 0.15) is 27.2 Å². The van der Waals surface area contributed by atoms with Gasteiger partial charge in [-0.05, 0) is 24.6 Å². The van der Waals surface area contributed by atoms with E-state index >= 15 is 0 Å². The third-order valence-electron chi connectivity index (χ3n) is 2.59. The predicted octanol–water partition coefficient (Wildman–Crippen LogP) is 1.13. The molecule has 0 aromatic rings. The smallest absolute Gasteiger partial charge is 0.245 e. The molecule has 0 unspecified atom stereocenters. The molecular formula is C11H16N2O2S. The van der Waals surface area contributed by atoms with Crippen molar-refractivity contribution in [3.63, 3.8) is 0 Å². The van der Waals surface area contributed by atoms with Crippen molar-refractivity contribution < 1.29 is 9.59 Å². The molecule has 16 heavy (non-hydrogen) atoms. The molecule has 4 nitrogen and oxygen atoms in total. The van der Waals surface area contributed by atoms with Crippen molar-refractivity contribution >= 4 is 29.1 Å². The van der Waals surface area contributed by atoms with Gasteiger partial charge in [-0.1, -0.05) is 32.9 Å². The Morgan fingerprint density at radius 3 is 2.19 bits per heavy atom. The fourth-order valence-electron chi connectivity index (χ4n) is 1.51. The van der Waals surface area contributed by atoms with E-state index in [1.807, 2.05) is 19.9 Å². The highest BCUT2D eigenvalue weighted by atomic mass is 32.1. The lowest BCUT2D eigenvalue weighted by molar-refractivity contribution is -0.140. The maximum atomic E-state index is 11.9. The van der Waals surface area contributed by atoms with Crippen LogP contribution in [0.5, 0.6) is 0 Å². The fraction of sp³-hybridized carbons (Fsp3) is 0.545. The molecule has 0 atom stereocenters. The van der Waals surface area contributed by atoms with Gasteiger partial charge in [0.2, 0.25) is 11.8 Å². The highest BCUT2D eigenvalue weighted by molar-refractivity contribution is 7.80. The second-order valence-electron chi connectivity index (χ2n) is 4.17. The van der Waals surface area contributed by atoms with Crippen LogP contribution in [-0.4, -0.2) is 16.9 Å². The Morgan fingerprint density at radius 2 is 1.81 bits per heavy atom. The Hall–Kier alpha value is -1.23. The Balaban J connectivity index is 3.05. The van der Waals surface area contributed by atoms with Gasteiger partial charge in [-0.15, -0.1) is 0 Å². The molecule has 1 aliphatic heterocycles. The number of hydrogen-bond acceptors (Lipinski definition) is 3. The van der Waals surface area contributed by atoms with Gasteiger partial charge in [-0.25, -0.2) is 0 Å². The normalized spacial score (nSPS) is 20.1. The second-order valence-corrected chi connectivity index (χ2v) is 4.57. The maximum absolute atomic E-state index is 11.9. The van der Waals surface area contributed by atoms with Gasteiger partial charge in [0.15, 0.2) is 5.11 Å². The van der Waals surface area contributed by atoms with Crippen LogP contribution in [0, 0.1) is 11.3 Å². The van der Waals surface area contributed by atoms with Gasteiger partial charge in [0.05, 0.1) is 0 Å². The second kappa shape index (κ2) is 4.74. The summed E-state index contributed by atoms with van der Waals surface area (Å²) in [6.45, 7) is 5.78. The molecule has 5 heteroatoms. The summed E-state index contributed by atoms with van der Waals surface area (Å²) in [4.78, 5) is 23.7. The van der Waals surface area contributed by atoms with Crippen molar-refractivity contribution in [2.45, 2.75) is 27.2 Å². The van der Waals surface area contributed by atoms with E-state index in [-0.39, 0.29) is 22.8 Å². The lowest BCUT2D eigenvalue weighted by Gasteiger charge is -2.31. The highest BCUT2D eigenvalue weighted by Gasteiger charge is 2.45. The molecule has 1 saturated heterocycles. The van der Waals surface area contributed by atoms with Gasteiger partial charge in [-0.3, -0.25) is 9.59 Å². The van der Waals surface area contributed by atoms with E-state index in [4.69, 9.17) is 12.2 Å². The molecule has 1 heterocycles. The average molecular weight is 240 g/mol. The highest BCUT2D eigenvalue weighted by Crippen LogP contribution is 2.27. The predicted molar refractivity (Wildman–Crippen MR) is 65.6 cm³/mol. The van der Waals surface area contributed by atoms with Gasteiger partial charge in [0.25, 0.3) is 0 Å². The molecule has 0 radical (unpaired) electrons. The number of amides is 2. The molecule has 1 fully saturated rings. The number of hydrogen-bond donors (Lipinski definition) is 2. The first-order chi connectivity index (χ1) is 7.42. The van der Waals surface area contributed by atoms with E-state index in [1.165, 1.54) is 0 Å². The number of carbonyl (C=O) groups excluding carboxylic acids is 2. The van der Waals surface area contributed by atoms with E-state index < -0.39 is 5.41 Å². The summed E-state index contributed by atoms with van der Waals surface area (Å²) in [6, 6.07) is 0. The molecule has 0 spiro atoms. The number of allylic oxidation sites excluding steroid dienone is 1. The SMILES string of the molecule is CCC1(/C=C/C(C)C)C(=O)NC(=S)NC1=O. The Morgan fingerprint density at radius 1 is 1.31 bits per heavy atom. The van der Waals surface area contributed by atoms with Gasteiger partial charge in [-0.2, -0.15) is 0 Å². The largest absolute Gasteiger partial charge is 0.302 e. The van der Waals surface area contributed by atoms with E-state index in [2.05, 4.69) is 10.6 Å². The average Bonchev–Trinajstić information content (AvgIpc) is 2.17. The van der Waals surface area contributed by atoms with E-state index in [1.54, 1.807) is 13.0 Å². The summed E-state index contributed by atoms with van der Waals surface area (Å²) in [7, 11) is 0. The van der Waals surface area contributed by atoms with Crippen LogP contribution in [-0.2, 0) is 9.59 Å². The molecule has 2 amide bonds. The van der Waals surface area contributed by atoms with Crippen molar-refractivity contribution in [3.8, 4) is 0 Å². The first-order valence-electron chi connectivity index (χ1n) is 5.28. The fourth-order valence-corrected chi connectivity index (χ4v) is 1.70. The lowest BCUT2D eigenvalue weighted by atomic mass is 9.81. The van der Waals surface area contributed by atoms with Crippen molar-refractivity contribution in [1.29, 1.82) is 0 Å². The quantitative estimate of drug-likeness (QED) is 0.441. The van der Waals surface area contributed by atoms with Crippen molar-refractivity contribution in [2.75, 3.05) is 0 Å². The molecule has 0 aliphatic carbocycles. The topological polar surface area (TPSA) is 58.2 Å². The minimum Gasteiger partial charge on any atom is -0.302 e. The van der Waals surface area contributed by atoms with E-state index in [0.29, 0.717) is 6.42 Å². The molecule has 1 rings (SSSR count). The standard InChI is InChI=1S/C11H16N2O2S/c1-4-11(6-5-7(2)3)8(14)12-10(16)13-9(11)15/h5-7H,4H2,1-3H3,(H2,12,13,14,15,16)/b6-5+. The molecule has 88 valence electrons. The summed E-state index contributed by atoms with van der Waals surface area (Å²) < 4.78 is 0. The minimum atomic E-state index is -1.12. The van der Waals surface area contributed by atoms with Crippen LogP contribution < -0.4 is 10.6 Å². The molecule has 2 N–H and O–H groups in total. The molecule has 0 aromatic carbocycles. The minimum absolute atomic E-state index is 0.0806. The Bertz CT molecular complexity index is 341. The Kier molecular flexibility index (Phi) is 3.80. The Labute approximate surface area is 100 Å². The number of rotatable bonds is 3.